The van der Waals surface area contributed by atoms with Crippen LogP contribution in [0.2, 0.25) is 0 Å². The lowest BCUT2D eigenvalue weighted by atomic mass is 10.0. The molecule has 2 heterocycles. The van der Waals surface area contributed by atoms with Crippen LogP contribution in [0.5, 0.6) is 0 Å². The third kappa shape index (κ3) is 2.67. The molecule has 0 spiro atoms. The zero-order valence-corrected chi connectivity index (χ0v) is 11.4. The second kappa shape index (κ2) is 5.76. The van der Waals surface area contributed by atoms with Crippen molar-refractivity contribution in [1.29, 1.82) is 0 Å². The summed E-state index contributed by atoms with van der Waals surface area (Å²) >= 11 is 0. The number of benzene rings is 1. The molecule has 1 aliphatic rings. The minimum Gasteiger partial charge on any atom is -0.459 e. The lowest BCUT2D eigenvalue weighted by molar-refractivity contribution is 0.0718. The predicted octanol–water partition coefficient (Wildman–Crippen LogP) is 3.65. The van der Waals surface area contributed by atoms with Crippen LogP contribution in [0.15, 0.2) is 34.7 Å². The van der Waals surface area contributed by atoms with Gasteiger partial charge in [0.15, 0.2) is 0 Å². The summed E-state index contributed by atoms with van der Waals surface area (Å²) in [7, 11) is 0. The fourth-order valence-electron chi connectivity index (χ4n) is 2.74. The van der Waals surface area contributed by atoms with E-state index >= 15 is 0 Å². The highest BCUT2D eigenvalue weighted by molar-refractivity contribution is 5.77. The zero-order valence-electron chi connectivity index (χ0n) is 11.4. The van der Waals surface area contributed by atoms with Crippen LogP contribution in [0.4, 0.5) is 0 Å². The molecule has 0 radical (unpaired) electrons. The highest BCUT2D eigenvalue weighted by Crippen LogP contribution is 2.30. The summed E-state index contributed by atoms with van der Waals surface area (Å²) in [6.07, 6.45) is 3.61. The summed E-state index contributed by atoms with van der Waals surface area (Å²) in [6.45, 7) is 4.04. The average Bonchev–Trinajstić information content (AvgIpc) is 3.08. The van der Waals surface area contributed by atoms with Crippen molar-refractivity contribution in [3.05, 3.63) is 36.1 Å². The molecule has 0 aliphatic carbocycles. The van der Waals surface area contributed by atoms with Crippen LogP contribution in [0.25, 0.3) is 11.0 Å². The Morgan fingerprint density at radius 1 is 1.37 bits per heavy atom. The van der Waals surface area contributed by atoms with Crippen molar-refractivity contribution >= 4 is 11.0 Å². The maximum absolute atomic E-state index is 6.00. The SMILES string of the molecule is CCCNC(c1cc2ccccc2o1)C1CCCO1. The van der Waals surface area contributed by atoms with Gasteiger partial charge in [-0.15, -0.1) is 0 Å². The zero-order chi connectivity index (χ0) is 13.1. The fourth-order valence-corrected chi connectivity index (χ4v) is 2.74. The molecule has 19 heavy (non-hydrogen) atoms. The Morgan fingerprint density at radius 3 is 3.00 bits per heavy atom. The third-order valence-corrected chi connectivity index (χ3v) is 3.70. The monoisotopic (exact) mass is 259 g/mol. The van der Waals surface area contributed by atoms with Gasteiger partial charge >= 0.3 is 0 Å². The van der Waals surface area contributed by atoms with Gasteiger partial charge in [-0.3, -0.25) is 0 Å². The van der Waals surface area contributed by atoms with Gasteiger partial charge in [0.25, 0.3) is 0 Å². The molecule has 2 atom stereocenters. The van der Waals surface area contributed by atoms with E-state index in [-0.39, 0.29) is 12.1 Å². The smallest absolute Gasteiger partial charge is 0.134 e. The molecule has 3 rings (SSSR count). The molecule has 1 N–H and O–H groups in total. The van der Waals surface area contributed by atoms with Crippen molar-refractivity contribution in [2.75, 3.05) is 13.2 Å². The number of rotatable bonds is 5. The average molecular weight is 259 g/mol. The van der Waals surface area contributed by atoms with E-state index in [0.717, 1.165) is 43.8 Å². The lowest BCUT2D eigenvalue weighted by Crippen LogP contribution is -2.31. The number of hydrogen-bond donors (Lipinski definition) is 1. The molecule has 0 amide bonds. The Bertz CT molecular complexity index is 495. The lowest BCUT2D eigenvalue weighted by Gasteiger charge is -2.22. The molecule has 3 heteroatoms. The number of nitrogens with one attached hydrogen (secondary N) is 1. The molecule has 102 valence electrons. The first-order valence-corrected chi connectivity index (χ1v) is 7.22. The van der Waals surface area contributed by atoms with Crippen LogP contribution >= 0.6 is 0 Å². The van der Waals surface area contributed by atoms with Gasteiger partial charge in [0.2, 0.25) is 0 Å². The number of fused-ring (bicyclic) bond motifs is 1. The standard InChI is InChI=1S/C16H21NO2/c1-2-9-17-16(14-8-5-10-18-14)15-11-12-6-3-4-7-13(12)19-15/h3-4,6-7,11,14,16-17H,2,5,8-10H2,1H3. The highest BCUT2D eigenvalue weighted by atomic mass is 16.5. The Labute approximate surface area is 113 Å². The molecule has 3 nitrogen and oxygen atoms in total. The van der Waals surface area contributed by atoms with Crippen molar-refractivity contribution in [2.45, 2.75) is 38.3 Å². The van der Waals surface area contributed by atoms with Crippen LogP contribution in [-0.2, 0) is 4.74 Å². The minimum absolute atomic E-state index is 0.176. The van der Waals surface area contributed by atoms with Crippen LogP contribution in [0.1, 0.15) is 38.0 Å². The largest absolute Gasteiger partial charge is 0.459 e. The Balaban J connectivity index is 1.88. The normalized spacial score (nSPS) is 21.0. The molecule has 1 fully saturated rings. The summed E-state index contributed by atoms with van der Waals surface area (Å²) in [5.41, 5.74) is 0.957. The number of ether oxygens (including phenoxy) is 1. The molecule has 1 aromatic heterocycles. The van der Waals surface area contributed by atoms with E-state index in [1.54, 1.807) is 0 Å². The maximum atomic E-state index is 6.00. The summed E-state index contributed by atoms with van der Waals surface area (Å²) in [6, 6.07) is 10.5. The van der Waals surface area contributed by atoms with Gasteiger partial charge < -0.3 is 14.5 Å². The number of furan rings is 1. The van der Waals surface area contributed by atoms with Crippen molar-refractivity contribution in [2.24, 2.45) is 0 Å². The molecular formula is C16H21NO2. The van der Waals surface area contributed by atoms with Gasteiger partial charge in [-0.25, -0.2) is 0 Å². The van der Waals surface area contributed by atoms with E-state index in [0.29, 0.717) is 0 Å². The molecule has 1 saturated heterocycles. The van der Waals surface area contributed by atoms with Crippen LogP contribution < -0.4 is 5.32 Å². The first kappa shape index (κ1) is 12.7. The van der Waals surface area contributed by atoms with Gasteiger partial charge in [-0.05, 0) is 37.9 Å². The van der Waals surface area contributed by atoms with E-state index in [9.17, 15) is 0 Å². The second-order valence-electron chi connectivity index (χ2n) is 5.17. The summed E-state index contributed by atoms with van der Waals surface area (Å²) in [4.78, 5) is 0. The highest BCUT2D eigenvalue weighted by Gasteiger charge is 2.29. The molecular weight excluding hydrogens is 238 g/mol. The van der Waals surface area contributed by atoms with E-state index in [1.807, 2.05) is 18.2 Å². The minimum atomic E-state index is 0.176. The van der Waals surface area contributed by atoms with Gasteiger partial charge in [0, 0.05) is 12.0 Å². The Morgan fingerprint density at radius 2 is 2.26 bits per heavy atom. The van der Waals surface area contributed by atoms with Crippen LogP contribution in [-0.4, -0.2) is 19.3 Å². The topological polar surface area (TPSA) is 34.4 Å². The maximum Gasteiger partial charge on any atom is 0.134 e. The molecule has 0 bridgehead atoms. The van der Waals surface area contributed by atoms with Crippen molar-refractivity contribution in [3.63, 3.8) is 0 Å². The van der Waals surface area contributed by atoms with Crippen molar-refractivity contribution < 1.29 is 9.15 Å². The van der Waals surface area contributed by atoms with Crippen molar-refractivity contribution in [1.82, 2.24) is 5.32 Å². The molecule has 2 unspecified atom stereocenters. The summed E-state index contributed by atoms with van der Waals surface area (Å²) < 4.78 is 11.8. The molecule has 0 saturated carbocycles. The van der Waals surface area contributed by atoms with Gasteiger partial charge in [-0.1, -0.05) is 25.1 Å². The Hall–Kier alpha value is -1.32. The first-order chi connectivity index (χ1) is 9.38. The molecule has 1 aliphatic heterocycles. The van der Waals surface area contributed by atoms with Gasteiger partial charge in [0.1, 0.15) is 11.3 Å². The Kier molecular flexibility index (Phi) is 3.85. The third-order valence-electron chi connectivity index (χ3n) is 3.70. The van der Waals surface area contributed by atoms with E-state index in [4.69, 9.17) is 9.15 Å². The molecule has 1 aromatic carbocycles. The fraction of sp³-hybridized carbons (Fsp3) is 0.500. The van der Waals surface area contributed by atoms with Gasteiger partial charge in [0.05, 0.1) is 12.1 Å². The predicted molar refractivity (Wildman–Crippen MR) is 76.2 cm³/mol. The summed E-state index contributed by atoms with van der Waals surface area (Å²) in [5, 5.41) is 4.74. The number of hydrogen-bond acceptors (Lipinski definition) is 3. The second-order valence-corrected chi connectivity index (χ2v) is 5.17. The number of para-hydroxylation sites is 1. The first-order valence-electron chi connectivity index (χ1n) is 7.22. The quantitative estimate of drug-likeness (QED) is 0.890. The van der Waals surface area contributed by atoms with E-state index in [2.05, 4.69) is 24.4 Å². The van der Waals surface area contributed by atoms with Gasteiger partial charge in [-0.2, -0.15) is 0 Å². The summed E-state index contributed by atoms with van der Waals surface area (Å²) in [5.74, 6) is 1.00. The van der Waals surface area contributed by atoms with Crippen LogP contribution in [0.3, 0.4) is 0 Å². The van der Waals surface area contributed by atoms with Crippen LogP contribution in [0, 0.1) is 0 Å². The van der Waals surface area contributed by atoms with E-state index in [1.165, 1.54) is 5.39 Å². The van der Waals surface area contributed by atoms with Crippen molar-refractivity contribution in [3.8, 4) is 0 Å². The molecule has 2 aromatic rings. The van der Waals surface area contributed by atoms with E-state index < -0.39 is 0 Å².